The minimum Gasteiger partial charge on any atom is -0.496 e. The van der Waals surface area contributed by atoms with Crippen LogP contribution in [0.3, 0.4) is 0 Å². The maximum atomic E-state index is 12.0. The summed E-state index contributed by atoms with van der Waals surface area (Å²) in [7, 11) is 1.57. The van der Waals surface area contributed by atoms with Gasteiger partial charge >= 0.3 is 0 Å². The topological polar surface area (TPSA) is 38.3 Å². The van der Waals surface area contributed by atoms with Gasteiger partial charge in [0.15, 0.2) is 0 Å². The molecule has 0 heterocycles. The summed E-state index contributed by atoms with van der Waals surface area (Å²) in [4.78, 5) is 12.0. The van der Waals surface area contributed by atoms with Gasteiger partial charge in [-0.25, -0.2) is 0 Å². The summed E-state index contributed by atoms with van der Waals surface area (Å²) < 4.78 is 6.11. The lowest BCUT2D eigenvalue weighted by atomic mass is 10.1. The average Bonchev–Trinajstić information content (AvgIpc) is 3.04. The van der Waals surface area contributed by atoms with Gasteiger partial charge in [0, 0.05) is 11.0 Å². The molecule has 0 atom stereocenters. The fraction of sp³-hybridized carbons (Fsp3) is 0.462. The second-order valence-electron chi connectivity index (χ2n) is 4.84. The van der Waals surface area contributed by atoms with Crippen molar-refractivity contribution in [3.8, 4) is 5.75 Å². The van der Waals surface area contributed by atoms with Crippen molar-refractivity contribution in [2.24, 2.45) is 5.41 Å². The van der Waals surface area contributed by atoms with Crippen LogP contribution in [-0.4, -0.2) is 19.6 Å². The van der Waals surface area contributed by atoms with Crippen LogP contribution >= 0.6 is 15.9 Å². The summed E-state index contributed by atoms with van der Waals surface area (Å²) >= 11 is 3.36. The van der Waals surface area contributed by atoms with Gasteiger partial charge in [0.2, 0.25) is 0 Å². The van der Waals surface area contributed by atoms with Gasteiger partial charge < -0.3 is 10.1 Å². The van der Waals surface area contributed by atoms with Crippen LogP contribution in [0.15, 0.2) is 22.7 Å². The normalized spacial score (nSPS) is 16.4. The van der Waals surface area contributed by atoms with E-state index in [2.05, 4.69) is 28.2 Å². The van der Waals surface area contributed by atoms with Crippen molar-refractivity contribution in [2.75, 3.05) is 13.7 Å². The number of methoxy groups -OCH3 is 1. The molecule has 0 saturated heterocycles. The fourth-order valence-corrected chi connectivity index (χ4v) is 1.97. The van der Waals surface area contributed by atoms with Crippen LogP contribution in [0.1, 0.15) is 30.1 Å². The highest BCUT2D eigenvalue weighted by Gasteiger charge is 2.37. The monoisotopic (exact) mass is 297 g/mol. The largest absolute Gasteiger partial charge is 0.496 e. The van der Waals surface area contributed by atoms with Crippen molar-refractivity contribution in [3.63, 3.8) is 0 Å². The van der Waals surface area contributed by atoms with Crippen LogP contribution in [0.4, 0.5) is 0 Å². The van der Waals surface area contributed by atoms with E-state index in [0.717, 1.165) is 11.0 Å². The number of nitrogens with one attached hydrogen (secondary N) is 1. The Morgan fingerprint density at radius 3 is 2.82 bits per heavy atom. The molecule has 1 fully saturated rings. The van der Waals surface area contributed by atoms with Crippen LogP contribution in [0.25, 0.3) is 0 Å². The van der Waals surface area contributed by atoms with Gasteiger partial charge in [-0.3, -0.25) is 4.79 Å². The molecule has 0 bridgehead atoms. The molecule has 4 heteroatoms. The van der Waals surface area contributed by atoms with Crippen LogP contribution in [0, 0.1) is 5.41 Å². The third kappa shape index (κ3) is 3.00. The summed E-state index contributed by atoms with van der Waals surface area (Å²) in [6.45, 7) is 2.93. The second-order valence-corrected chi connectivity index (χ2v) is 5.75. The lowest BCUT2D eigenvalue weighted by molar-refractivity contribution is 0.0943. The Kier molecular flexibility index (Phi) is 3.43. The quantitative estimate of drug-likeness (QED) is 0.928. The zero-order valence-electron chi connectivity index (χ0n) is 10.0. The number of amides is 1. The van der Waals surface area contributed by atoms with E-state index in [-0.39, 0.29) is 5.91 Å². The summed E-state index contributed by atoms with van der Waals surface area (Å²) in [5, 5.41) is 2.96. The van der Waals surface area contributed by atoms with Gasteiger partial charge in [0.25, 0.3) is 5.91 Å². The first-order valence-electron chi connectivity index (χ1n) is 5.66. The van der Waals surface area contributed by atoms with E-state index >= 15 is 0 Å². The Balaban J connectivity index is 2.07. The van der Waals surface area contributed by atoms with E-state index in [1.165, 1.54) is 12.8 Å². The zero-order valence-corrected chi connectivity index (χ0v) is 11.6. The third-order valence-electron chi connectivity index (χ3n) is 3.19. The van der Waals surface area contributed by atoms with E-state index in [1.807, 2.05) is 6.07 Å². The first kappa shape index (κ1) is 12.4. The molecule has 1 aliphatic carbocycles. The first-order chi connectivity index (χ1) is 8.04. The molecule has 17 heavy (non-hydrogen) atoms. The van der Waals surface area contributed by atoms with Gasteiger partial charge in [0.1, 0.15) is 5.75 Å². The molecule has 0 unspecified atom stereocenters. The predicted molar refractivity (Wildman–Crippen MR) is 70.4 cm³/mol. The molecule has 2 rings (SSSR count). The van der Waals surface area contributed by atoms with Crippen molar-refractivity contribution in [3.05, 3.63) is 28.2 Å². The summed E-state index contributed by atoms with van der Waals surface area (Å²) in [5.74, 6) is 0.528. The lowest BCUT2D eigenvalue weighted by Gasteiger charge is -2.12. The molecular formula is C13H16BrNO2. The van der Waals surface area contributed by atoms with E-state index in [1.54, 1.807) is 19.2 Å². The van der Waals surface area contributed by atoms with E-state index < -0.39 is 0 Å². The van der Waals surface area contributed by atoms with E-state index in [0.29, 0.717) is 16.7 Å². The predicted octanol–water partition coefficient (Wildman–Crippen LogP) is 2.99. The van der Waals surface area contributed by atoms with Gasteiger partial charge in [0.05, 0.1) is 12.7 Å². The Bertz CT molecular complexity index is 441. The van der Waals surface area contributed by atoms with Gasteiger partial charge in [-0.2, -0.15) is 0 Å². The number of rotatable bonds is 4. The number of hydrogen-bond donors (Lipinski definition) is 1. The highest BCUT2D eigenvalue weighted by Crippen LogP contribution is 2.44. The van der Waals surface area contributed by atoms with Crippen LogP contribution in [-0.2, 0) is 0 Å². The van der Waals surface area contributed by atoms with E-state index in [4.69, 9.17) is 4.74 Å². The zero-order chi connectivity index (χ0) is 12.5. The summed E-state index contributed by atoms with van der Waals surface area (Å²) in [6.07, 6.45) is 2.40. The molecule has 0 radical (unpaired) electrons. The minimum atomic E-state index is -0.0672. The summed E-state index contributed by atoms with van der Waals surface area (Å²) in [6, 6.07) is 5.41. The SMILES string of the molecule is COc1cc(Br)ccc1C(=O)NCC1(C)CC1. The molecule has 0 spiro atoms. The fourth-order valence-electron chi connectivity index (χ4n) is 1.63. The Labute approximate surface area is 110 Å². The minimum absolute atomic E-state index is 0.0672. The van der Waals surface area contributed by atoms with Crippen molar-refractivity contribution >= 4 is 21.8 Å². The highest BCUT2D eigenvalue weighted by atomic mass is 79.9. The number of hydrogen-bond acceptors (Lipinski definition) is 2. The number of halogens is 1. The number of ether oxygens (including phenoxy) is 1. The standard InChI is InChI=1S/C13H16BrNO2/c1-13(5-6-13)8-15-12(16)10-4-3-9(14)7-11(10)17-2/h3-4,7H,5-6,8H2,1-2H3,(H,15,16). The summed E-state index contributed by atoms with van der Waals surface area (Å²) in [5.41, 5.74) is 0.901. The van der Waals surface area contributed by atoms with Crippen molar-refractivity contribution in [1.29, 1.82) is 0 Å². The van der Waals surface area contributed by atoms with Crippen LogP contribution in [0.2, 0.25) is 0 Å². The number of carbonyl (C=O) groups excluding carboxylic acids is 1. The number of benzene rings is 1. The molecule has 3 nitrogen and oxygen atoms in total. The molecule has 0 aromatic heterocycles. The van der Waals surface area contributed by atoms with Crippen molar-refractivity contribution < 1.29 is 9.53 Å². The van der Waals surface area contributed by atoms with Crippen molar-refractivity contribution in [1.82, 2.24) is 5.32 Å². The van der Waals surface area contributed by atoms with Gasteiger partial charge in [-0.05, 0) is 36.5 Å². The molecule has 1 amide bonds. The second kappa shape index (κ2) is 4.69. The average molecular weight is 298 g/mol. The molecule has 1 saturated carbocycles. The Morgan fingerprint density at radius 2 is 2.24 bits per heavy atom. The smallest absolute Gasteiger partial charge is 0.255 e. The molecule has 1 aromatic carbocycles. The Hall–Kier alpha value is -1.03. The third-order valence-corrected chi connectivity index (χ3v) is 3.68. The highest BCUT2D eigenvalue weighted by molar-refractivity contribution is 9.10. The maximum Gasteiger partial charge on any atom is 0.255 e. The van der Waals surface area contributed by atoms with Gasteiger partial charge in [-0.15, -0.1) is 0 Å². The molecular weight excluding hydrogens is 282 g/mol. The molecule has 92 valence electrons. The first-order valence-corrected chi connectivity index (χ1v) is 6.45. The number of carbonyl (C=O) groups is 1. The van der Waals surface area contributed by atoms with Gasteiger partial charge in [-0.1, -0.05) is 22.9 Å². The molecule has 1 aliphatic rings. The maximum absolute atomic E-state index is 12.0. The Morgan fingerprint density at radius 1 is 1.53 bits per heavy atom. The lowest BCUT2D eigenvalue weighted by Crippen LogP contribution is -2.29. The van der Waals surface area contributed by atoms with Crippen molar-refractivity contribution in [2.45, 2.75) is 19.8 Å². The molecule has 0 aliphatic heterocycles. The molecule has 1 N–H and O–H groups in total. The van der Waals surface area contributed by atoms with Crippen LogP contribution < -0.4 is 10.1 Å². The molecule has 1 aromatic rings. The van der Waals surface area contributed by atoms with Crippen LogP contribution in [0.5, 0.6) is 5.75 Å². The van der Waals surface area contributed by atoms with E-state index in [9.17, 15) is 4.79 Å².